The Bertz CT molecular complexity index is 2110. The summed E-state index contributed by atoms with van der Waals surface area (Å²) < 4.78 is 11.7. The van der Waals surface area contributed by atoms with Gasteiger partial charge in [-0.05, 0) is 75.8 Å². The lowest BCUT2D eigenvalue weighted by Crippen LogP contribution is -2.41. The second kappa shape index (κ2) is 19.8. The number of fused-ring (bicyclic) bond motifs is 8. The molecule has 6 rings (SSSR count). The summed E-state index contributed by atoms with van der Waals surface area (Å²) in [6.45, 7) is 18.3. The summed E-state index contributed by atoms with van der Waals surface area (Å²) in [4.78, 5) is 61.3. The zero-order chi connectivity index (χ0) is 42.4. The number of methoxy groups -OCH3 is 1. The van der Waals surface area contributed by atoms with Crippen molar-refractivity contribution in [3.8, 4) is 0 Å². The van der Waals surface area contributed by atoms with Gasteiger partial charge in [0.25, 0.3) is 11.8 Å². The highest BCUT2D eigenvalue weighted by molar-refractivity contribution is 6.23. The van der Waals surface area contributed by atoms with Gasteiger partial charge in [-0.2, -0.15) is 0 Å². The number of allylic oxidation sites excluding steroid dienone is 1. The Balaban J connectivity index is 1.56. The molecular weight excluding hydrogens is 739 g/mol. The van der Waals surface area contributed by atoms with Crippen LogP contribution in [0.1, 0.15) is 222 Å². The number of aromatic nitrogens is 4. The van der Waals surface area contributed by atoms with Crippen LogP contribution in [-0.4, -0.2) is 69.0 Å². The van der Waals surface area contributed by atoms with Crippen LogP contribution >= 0.6 is 0 Å². The zero-order valence-corrected chi connectivity index (χ0v) is 37.3. The number of ether oxygens (including phenoxy) is 2. The van der Waals surface area contributed by atoms with Crippen molar-refractivity contribution in [2.24, 2.45) is 0 Å². The molecular formula is C49H69N5O5. The lowest BCUT2D eigenvalue weighted by atomic mass is 9.84. The fourth-order valence-electron chi connectivity index (χ4n) is 9.71. The van der Waals surface area contributed by atoms with Gasteiger partial charge in [0.05, 0.1) is 46.9 Å². The van der Waals surface area contributed by atoms with Gasteiger partial charge >= 0.3 is 5.97 Å². The Labute approximate surface area is 352 Å². The first-order valence-corrected chi connectivity index (χ1v) is 22.8. The Morgan fingerprint density at radius 2 is 1.47 bits per heavy atom. The Morgan fingerprint density at radius 3 is 2.17 bits per heavy atom. The van der Waals surface area contributed by atoms with Gasteiger partial charge in [-0.15, -0.1) is 0 Å². The van der Waals surface area contributed by atoms with Crippen LogP contribution < -0.4 is 0 Å². The first-order chi connectivity index (χ1) is 28.4. The van der Waals surface area contributed by atoms with Gasteiger partial charge in [0.2, 0.25) is 0 Å². The molecule has 10 nitrogen and oxygen atoms in total. The summed E-state index contributed by atoms with van der Waals surface area (Å²) in [5.41, 5.74) is 10.5. The van der Waals surface area contributed by atoms with Crippen molar-refractivity contribution < 1.29 is 23.9 Å². The van der Waals surface area contributed by atoms with Crippen LogP contribution in [0.15, 0.2) is 18.2 Å². The van der Waals surface area contributed by atoms with Crippen LogP contribution in [0.25, 0.3) is 22.2 Å². The predicted octanol–water partition coefficient (Wildman–Crippen LogP) is 11.7. The average molecular weight is 808 g/mol. The normalized spacial score (nSPS) is 20.1. The molecule has 0 saturated heterocycles. The largest absolute Gasteiger partial charge is 0.469 e. The molecule has 320 valence electrons. The van der Waals surface area contributed by atoms with E-state index in [1.807, 2.05) is 6.92 Å². The van der Waals surface area contributed by atoms with E-state index in [9.17, 15) is 14.4 Å². The quantitative estimate of drug-likeness (QED) is 0.0821. The van der Waals surface area contributed by atoms with E-state index in [1.165, 1.54) is 50.5 Å². The maximum Gasteiger partial charge on any atom is 0.305 e. The molecule has 0 spiro atoms. The smallest absolute Gasteiger partial charge is 0.305 e. The molecule has 6 heterocycles. The van der Waals surface area contributed by atoms with Crippen molar-refractivity contribution in [1.82, 2.24) is 24.8 Å². The summed E-state index contributed by atoms with van der Waals surface area (Å²) in [5.74, 6) is -0.917. The number of unbranched alkanes of at least 4 members (excludes halogenated alkanes) is 9. The number of nitrogens with zero attached hydrogens (tertiary/aromatic N) is 3. The van der Waals surface area contributed by atoms with Gasteiger partial charge in [-0.1, -0.05) is 92.4 Å². The number of H-pyrrole nitrogens is 2. The third-order valence-corrected chi connectivity index (χ3v) is 13.4. The molecule has 1 unspecified atom stereocenters. The number of imide groups is 1. The van der Waals surface area contributed by atoms with E-state index in [2.05, 4.69) is 76.6 Å². The van der Waals surface area contributed by atoms with Gasteiger partial charge in [-0.3, -0.25) is 24.3 Å². The maximum atomic E-state index is 14.8. The van der Waals surface area contributed by atoms with Crippen LogP contribution in [0.5, 0.6) is 0 Å². The molecule has 59 heavy (non-hydrogen) atoms. The maximum absolute atomic E-state index is 14.8. The van der Waals surface area contributed by atoms with Gasteiger partial charge in [0, 0.05) is 71.4 Å². The number of hydrogen-bond acceptors (Lipinski definition) is 7. The molecule has 0 fully saturated rings. The summed E-state index contributed by atoms with van der Waals surface area (Å²) in [5, 5.41) is 0. The Kier molecular flexibility index (Phi) is 14.9. The summed E-state index contributed by atoms with van der Waals surface area (Å²) in [6, 6.07) is 6.41. The minimum absolute atomic E-state index is 0.141. The molecule has 4 aliphatic heterocycles. The first-order valence-electron chi connectivity index (χ1n) is 22.8. The van der Waals surface area contributed by atoms with Crippen molar-refractivity contribution in [2.45, 2.75) is 175 Å². The zero-order valence-electron chi connectivity index (χ0n) is 37.3. The number of amides is 2. The lowest BCUT2D eigenvalue weighted by molar-refractivity contribution is -0.140. The van der Waals surface area contributed by atoms with E-state index in [-0.39, 0.29) is 54.0 Å². The van der Waals surface area contributed by atoms with E-state index < -0.39 is 0 Å². The summed E-state index contributed by atoms with van der Waals surface area (Å²) in [6.07, 6.45) is 13.7. The Hall–Kier alpha value is -4.31. The second-order valence-electron chi connectivity index (χ2n) is 17.4. The SMILES string of the molecule is CCCCCCCCCOC(C)C1=C(C)c2cc3nc(c4c5[nH]c(cc6[nH]c(cc1n2)[C@@H](C)[C@@H]6CC)c(C)c5C(=O)N(CCCCCC)C4=O)[C@@H](CCC(=O)OC)[C@@H]3C. The van der Waals surface area contributed by atoms with Gasteiger partial charge in [0.1, 0.15) is 0 Å². The van der Waals surface area contributed by atoms with Crippen LogP contribution in [0.4, 0.5) is 0 Å². The van der Waals surface area contributed by atoms with Crippen LogP contribution in [-0.2, 0) is 14.3 Å². The number of aryl methyl sites for hydroxylation is 1. The molecule has 2 amide bonds. The highest BCUT2D eigenvalue weighted by Crippen LogP contribution is 2.46. The monoisotopic (exact) mass is 808 g/mol. The van der Waals surface area contributed by atoms with E-state index in [0.717, 1.165) is 89.2 Å². The van der Waals surface area contributed by atoms with Gasteiger partial charge in [-0.25, -0.2) is 4.98 Å². The molecule has 2 aromatic heterocycles. The fourth-order valence-corrected chi connectivity index (χ4v) is 9.71. The topological polar surface area (TPSA) is 130 Å². The number of nitrogens with one attached hydrogen (secondary N) is 2. The molecule has 0 aliphatic carbocycles. The van der Waals surface area contributed by atoms with Gasteiger partial charge in [0.15, 0.2) is 0 Å². The highest BCUT2D eigenvalue weighted by atomic mass is 16.5. The predicted molar refractivity (Wildman–Crippen MR) is 236 cm³/mol. The van der Waals surface area contributed by atoms with Crippen LogP contribution in [0.2, 0.25) is 0 Å². The van der Waals surface area contributed by atoms with Crippen molar-refractivity contribution in [3.63, 3.8) is 0 Å². The molecule has 2 aromatic rings. The highest BCUT2D eigenvalue weighted by Gasteiger charge is 2.41. The molecule has 8 bridgehead atoms. The number of carbonyl (C=O) groups excluding carboxylic acids is 3. The standard InChI is InChI=1S/C49H69N5O5/c1-10-13-15-17-18-19-21-25-59-33(8)43-31(6)38-26-37-30(5)35(22-23-42(55)58-9)46(52-37)45-47-44(48(56)54(49(45)57)24-20-16-14-11-2)32(7)39(53-47)27-40-34(12-3)29(4)36(50-40)28-41(43)51-38/h26-30,33-35,50,53H,10-25H2,1-9H3/t29-,30-,33?,34-,35-/m0/s1. The van der Waals surface area contributed by atoms with Crippen LogP contribution in [0.3, 0.4) is 0 Å². The van der Waals surface area contributed by atoms with E-state index >= 15 is 0 Å². The summed E-state index contributed by atoms with van der Waals surface area (Å²) in [7, 11) is 1.40. The van der Waals surface area contributed by atoms with E-state index in [1.54, 1.807) is 0 Å². The molecule has 5 atom stereocenters. The molecule has 2 N–H and O–H groups in total. The molecule has 0 saturated carbocycles. The minimum Gasteiger partial charge on any atom is -0.469 e. The van der Waals surface area contributed by atoms with Crippen molar-refractivity contribution in [2.75, 3.05) is 20.3 Å². The molecule has 10 heteroatoms. The van der Waals surface area contributed by atoms with E-state index in [0.29, 0.717) is 41.9 Å². The number of carbonyl (C=O) groups is 3. The molecule has 0 aromatic carbocycles. The number of aromatic amines is 2. The Morgan fingerprint density at radius 1 is 0.797 bits per heavy atom. The number of rotatable bonds is 19. The third kappa shape index (κ3) is 9.23. The molecule has 4 aliphatic rings. The summed E-state index contributed by atoms with van der Waals surface area (Å²) >= 11 is 0. The average Bonchev–Trinajstić information content (AvgIpc) is 3.90. The third-order valence-electron chi connectivity index (χ3n) is 13.4. The lowest BCUT2D eigenvalue weighted by Gasteiger charge is -2.27. The molecule has 0 radical (unpaired) electrons. The van der Waals surface area contributed by atoms with E-state index in [4.69, 9.17) is 19.4 Å². The van der Waals surface area contributed by atoms with Crippen molar-refractivity contribution >= 4 is 40.0 Å². The van der Waals surface area contributed by atoms with Crippen molar-refractivity contribution in [1.29, 1.82) is 0 Å². The van der Waals surface area contributed by atoms with Crippen molar-refractivity contribution in [3.05, 3.63) is 69.1 Å². The minimum atomic E-state index is -0.334. The fraction of sp³-hybridized carbons (Fsp3) is 0.612. The second-order valence-corrected chi connectivity index (χ2v) is 17.4. The van der Waals surface area contributed by atoms with Gasteiger partial charge < -0.3 is 19.4 Å². The van der Waals surface area contributed by atoms with Crippen LogP contribution in [0, 0.1) is 6.92 Å². The number of hydrogen-bond donors (Lipinski definition) is 2. The number of esters is 1. The first kappa shape index (κ1) is 44.2.